The topological polar surface area (TPSA) is 58.2 Å². The molecule has 1 atom stereocenters. The molecule has 2 amide bonds. The van der Waals surface area contributed by atoms with Gasteiger partial charge in [0.05, 0.1) is 5.92 Å². The molecule has 3 aromatic carbocycles. The van der Waals surface area contributed by atoms with Crippen LogP contribution in [0.5, 0.6) is 0 Å². The molecule has 142 valence electrons. The third-order valence-corrected chi connectivity index (χ3v) is 4.59. The van der Waals surface area contributed by atoms with Crippen LogP contribution in [0.4, 0.5) is 0 Å². The van der Waals surface area contributed by atoms with Gasteiger partial charge in [-0.25, -0.2) is 0 Å². The van der Waals surface area contributed by atoms with E-state index in [4.69, 9.17) is 0 Å². The predicted octanol–water partition coefficient (Wildman–Crippen LogP) is 3.64. The molecular weight excluding hydrogens is 348 g/mol. The van der Waals surface area contributed by atoms with Crippen molar-refractivity contribution in [2.75, 3.05) is 0 Å². The van der Waals surface area contributed by atoms with Crippen LogP contribution < -0.4 is 10.6 Å². The summed E-state index contributed by atoms with van der Waals surface area (Å²) in [5, 5.41) is 5.73. The summed E-state index contributed by atoms with van der Waals surface area (Å²) in [6, 6.07) is 28.2. The third kappa shape index (κ3) is 5.07. The summed E-state index contributed by atoms with van der Waals surface area (Å²) >= 11 is 0. The van der Waals surface area contributed by atoms with Crippen molar-refractivity contribution in [1.82, 2.24) is 10.6 Å². The maximum Gasteiger partial charge on any atom is 0.242 e. The molecule has 0 saturated carbocycles. The summed E-state index contributed by atoms with van der Waals surface area (Å²) in [7, 11) is 0. The predicted molar refractivity (Wildman–Crippen MR) is 111 cm³/mol. The highest BCUT2D eigenvalue weighted by molar-refractivity contribution is 5.92. The van der Waals surface area contributed by atoms with E-state index in [2.05, 4.69) is 10.6 Å². The molecule has 4 heteroatoms. The zero-order valence-electron chi connectivity index (χ0n) is 15.8. The molecule has 0 aliphatic heterocycles. The van der Waals surface area contributed by atoms with Crippen LogP contribution in [0.3, 0.4) is 0 Å². The second-order valence-corrected chi connectivity index (χ2v) is 6.69. The maximum absolute atomic E-state index is 13.0. The molecule has 3 rings (SSSR count). The van der Waals surface area contributed by atoms with Gasteiger partial charge in [-0.15, -0.1) is 0 Å². The largest absolute Gasteiger partial charge is 0.350 e. The minimum atomic E-state index is -0.633. The van der Waals surface area contributed by atoms with Gasteiger partial charge >= 0.3 is 0 Å². The van der Waals surface area contributed by atoms with E-state index >= 15 is 0 Å². The lowest BCUT2D eigenvalue weighted by atomic mass is 9.90. The number of benzene rings is 3. The lowest BCUT2D eigenvalue weighted by Gasteiger charge is -2.21. The molecule has 0 radical (unpaired) electrons. The SMILES string of the molecule is CC(NC(=O)C(c1ccccc1)c1ccccc1)C(=O)NCc1ccccc1. The molecule has 0 fully saturated rings. The average Bonchev–Trinajstić information content (AvgIpc) is 2.74. The Balaban J connectivity index is 1.68. The first-order valence-corrected chi connectivity index (χ1v) is 9.37. The van der Waals surface area contributed by atoms with E-state index in [9.17, 15) is 9.59 Å². The molecule has 3 aromatic rings. The molecule has 0 heterocycles. The van der Waals surface area contributed by atoms with Crippen molar-refractivity contribution in [2.45, 2.75) is 25.4 Å². The lowest BCUT2D eigenvalue weighted by Crippen LogP contribution is -2.46. The van der Waals surface area contributed by atoms with Gasteiger partial charge in [-0.05, 0) is 23.6 Å². The zero-order valence-corrected chi connectivity index (χ0v) is 15.8. The van der Waals surface area contributed by atoms with Gasteiger partial charge in [0.2, 0.25) is 11.8 Å². The molecule has 0 aliphatic carbocycles. The second-order valence-electron chi connectivity index (χ2n) is 6.69. The van der Waals surface area contributed by atoms with Gasteiger partial charge in [-0.2, -0.15) is 0 Å². The van der Waals surface area contributed by atoms with Crippen LogP contribution in [-0.4, -0.2) is 17.9 Å². The summed E-state index contributed by atoms with van der Waals surface area (Å²) < 4.78 is 0. The van der Waals surface area contributed by atoms with Crippen LogP contribution in [0.25, 0.3) is 0 Å². The van der Waals surface area contributed by atoms with Crippen LogP contribution in [0, 0.1) is 0 Å². The van der Waals surface area contributed by atoms with Crippen LogP contribution >= 0.6 is 0 Å². The molecule has 28 heavy (non-hydrogen) atoms. The van der Waals surface area contributed by atoms with Crippen molar-refractivity contribution in [3.8, 4) is 0 Å². The smallest absolute Gasteiger partial charge is 0.242 e. The maximum atomic E-state index is 13.0. The highest BCUT2D eigenvalue weighted by Crippen LogP contribution is 2.24. The Bertz CT molecular complexity index is 856. The molecular formula is C24H24N2O2. The summed E-state index contributed by atoms with van der Waals surface area (Å²) in [5.74, 6) is -0.872. The van der Waals surface area contributed by atoms with Crippen LogP contribution in [0.1, 0.15) is 29.5 Å². The third-order valence-electron chi connectivity index (χ3n) is 4.59. The van der Waals surface area contributed by atoms with Gasteiger partial charge in [-0.1, -0.05) is 91.0 Å². The summed E-state index contributed by atoms with van der Waals surface area (Å²) in [5.41, 5.74) is 2.80. The Kier molecular flexibility index (Phi) is 6.58. The molecule has 0 saturated heterocycles. The number of amides is 2. The first kappa shape index (κ1) is 19.4. The first-order valence-electron chi connectivity index (χ1n) is 9.37. The molecule has 2 N–H and O–H groups in total. The number of rotatable bonds is 7. The van der Waals surface area contributed by atoms with Gasteiger partial charge in [0.15, 0.2) is 0 Å². The Morgan fingerprint density at radius 3 is 1.68 bits per heavy atom. The number of hydrogen-bond donors (Lipinski definition) is 2. The number of nitrogens with one attached hydrogen (secondary N) is 2. The van der Waals surface area contributed by atoms with Crippen molar-refractivity contribution in [2.24, 2.45) is 0 Å². The van der Waals surface area contributed by atoms with E-state index in [1.807, 2.05) is 91.0 Å². The zero-order chi connectivity index (χ0) is 19.8. The molecule has 4 nitrogen and oxygen atoms in total. The monoisotopic (exact) mass is 372 g/mol. The summed E-state index contributed by atoms with van der Waals surface area (Å²) in [4.78, 5) is 25.5. The van der Waals surface area contributed by atoms with E-state index in [0.29, 0.717) is 6.54 Å². The van der Waals surface area contributed by atoms with E-state index in [-0.39, 0.29) is 11.8 Å². The first-order chi connectivity index (χ1) is 13.6. The Hall–Kier alpha value is -3.40. The van der Waals surface area contributed by atoms with Crippen LogP contribution in [0.15, 0.2) is 91.0 Å². The second kappa shape index (κ2) is 9.51. The fraction of sp³-hybridized carbons (Fsp3) is 0.167. The Labute approximate surface area is 165 Å². The quantitative estimate of drug-likeness (QED) is 0.665. The number of carbonyl (C=O) groups excluding carboxylic acids is 2. The molecule has 1 unspecified atom stereocenters. The molecule has 0 bridgehead atoms. The lowest BCUT2D eigenvalue weighted by molar-refractivity contribution is -0.129. The molecule has 0 spiro atoms. The normalized spacial score (nSPS) is 11.6. The van der Waals surface area contributed by atoms with Gasteiger partial charge in [0, 0.05) is 6.54 Å². The number of hydrogen-bond acceptors (Lipinski definition) is 2. The van der Waals surface area contributed by atoms with E-state index in [1.54, 1.807) is 6.92 Å². The highest BCUT2D eigenvalue weighted by Gasteiger charge is 2.25. The van der Waals surface area contributed by atoms with E-state index in [0.717, 1.165) is 16.7 Å². The van der Waals surface area contributed by atoms with Gasteiger partial charge in [-0.3, -0.25) is 9.59 Å². The molecule has 0 aromatic heterocycles. The van der Waals surface area contributed by atoms with Gasteiger partial charge < -0.3 is 10.6 Å². The van der Waals surface area contributed by atoms with Crippen LogP contribution in [-0.2, 0) is 16.1 Å². The van der Waals surface area contributed by atoms with Gasteiger partial charge in [0.1, 0.15) is 6.04 Å². The Morgan fingerprint density at radius 1 is 0.714 bits per heavy atom. The average molecular weight is 372 g/mol. The van der Waals surface area contributed by atoms with Gasteiger partial charge in [0.25, 0.3) is 0 Å². The van der Waals surface area contributed by atoms with Crippen molar-refractivity contribution < 1.29 is 9.59 Å². The van der Waals surface area contributed by atoms with E-state index < -0.39 is 12.0 Å². The number of carbonyl (C=O) groups is 2. The van der Waals surface area contributed by atoms with E-state index in [1.165, 1.54) is 0 Å². The molecule has 0 aliphatic rings. The van der Waals surface area contributed by atoms with Crippen LogP contribution in [0.2, 0.25) is 0 Å². The summed E-state index contributed by atoms with van der Waals surface area (Å²) in [6.07, 6.45) is 0. The minimum absolute atomic E-state index is 0.195. The van der Waals surface area contributed by atoms with Crippen molar-refractivity contribution >= 4 is 11.8 Å². The fourth-order valence-corrected chi connectivity index (χ4v) is 3.09. The Morgan fingerprint density at radius 2 is 1.18 bits per heavy atom. The van der Waals surface area contributed by atoms with Crippen molar-refractivity contribution in [3.05, 3.63) is 108 Å². The van der Waals surface area contributed by atoms with Crippen molar-refractivity contribution in [1.29, 1.82) is 0 Å². The highest BCUT2D eigenvalue weighted by atomic mass is 16.2. The standard InChI is InChI=1S/C24H24N2O2/c1-18(23(27)25-17-19-11-5-2-6-12-19)26-24(28)22(20-13-7-3-8-14-20)21-15-9-4-10-16-21/h2-16,18,22H,17H2,1H3,(H,25,27)(H,26,28). The minimum Gasteiger partial charge on any atom is -0.350 e. The van der Waals surface area contributed by atoms with Crippen molar-refractivity contribution in [3.63, 3.8) is 0 Å². The fourth-order valence-electron chi connectivity index (χ4n) is 3.09. The summed E-state index contributed by atoms with van der Waals surface area (Å²) in [6.45, 7) is 2.13.